The first-order valence-corrected chi connectivity index (χ1v) is 10.7. The Morgan fingerprint density at radius 1 is 0.806 bits per heavy atom. The van der Waals surface area contributed by atoms with Gasteiger partial charge in [-0.05, 0) is 54.2 Å². The second-order valence-corrected chi connectivity index (χ2v) is 8.30. The molecule has 3 rings (SSSR count). The predicted molar refractivity (Wildman–Crippen MR) is 126 cm³/mol. The Morgan fingerprint density at radius 3 is 2.19 bits per heavy atom. The lowest BCUT2D eigenvalue weighted by Crippen LogP contribution is -2.23. The van der Waals surface area contributed by atoms with Crippen molar-refractivity contribution in [3.8, 4) is 0 Å². The molecular weight excluding hydrogens is 384 g/mol. The van der Waals surface area contributed by atoms with E-state index in [0.29, 0.717) is 23.7 Å². The SMILES string of the molecule is CC(C)Cc1ccc(C(C)C(=O)Nc2cccc(C(=O)NCc3ccccc3)c2)cc1. The summed E-state index contributed by atoms with van der Waals surface area (Å²) < 4.78 is 0. The molecule has 0 fully saturated rings. The molecule has 0 aliphatic heterocycles. The summed E-state index contributed by atoms with van der Waals surface area (Å²) in [6.45, 7) is 6.74. The number of carbonyl (C=O) groups excluding carboxylic acids is 2. The van der Waals surface area contributed by atoms with Crippen LogP contribution >= 0.6 is 0 Å². The van der Waals surface area contributed by atoms with Gasteiger partial charge in [-0.2, -0.15) is 0 Å². The van der Waals surface area contributed by atoms with Crippen LogP contribution < -0.4 is 10.6 Å². The largest absolute Gasteiger partial charge is 0.348 e. The van der Waals surface area contributed by atoms with E-state index in [1.54, 1.807) is 24.3 Å². The maximum absolute atomic E-state index is 12.8. The molecule has 0 aromatic heterocycles. The molecule has 1 atom stereocenters. The van der Waals surface area contributed by atoms with Crippen molar-refractivity contribution in [1.29, 1.82) is 0 Å². The van der Waals surface area contributed by atoms with Crippen LogP contribution in [0, 0.1) is 5.92 Å². The fourth-order valence-electron chi connectivity index (χ4n) is 3.43. The zero-order valence-corrected chi connectivity index (χ0v) is 18.4. The van der Waals surface area contributed by atoms with Crippen LogP contribution in [0.4, 0.5) is 5.69 Å². The molecule has 2 N–H and O–H groups in total. The third kappa shape index (κ3) is 6.54. The van der Waals surface area contributed by atoms with Gasteiger partial charge in [-0.3, -0.25) is 9.59 Å². The third-order valence-electron chi connectivity index (χ3n) is 5.21. The maximum atomic E-state index is 12.8. The summed E-state index contributed by atoms with van der Waals surface area (Å²) in [5.41, 5.74) is 4.41. The molecule has 0 saturated carbocycles. The van der Waals surface area contributed by atoms with Gasteiger partial charge in [-0.1, -0.05) is 74.5 Å². The summed E-state index contributed by atoms with van der Waals surface area (Å²) in [4.78, 5) is 25.3. The standard InChI is InChI=1S/C27H30N2O2/c1-19(2)16-21-12-14-23(15-13-21)20(3)26(30)29-25-11-7-10-24(17-25)27(31)28-18-22-8-5-4-6-9-22/h4-15,17,19-20H,16,18H2,1-3H3,(H,28,31)(H,29,30). The number of hydrogen-bond acceptors (Lipinski definition) is 2. The molecule has 3 aromatic rings. The second kappa shape index (κ2) is 10.6. The van der Waals surface area contributed by atoms with Gasteiger partial charge >= 0.3 is 0 Å². The fourth-order valence-corrected chi connectivity index (χ4v) is 3.43. The first-order valence-electron chi connectivity index (χ1n) is 10.7. The van der Waals surface area contributed by atoms with E-state index < -0.39 is 0 Å². The molecule has 3 aromatic carbocycles. The van der Waals surface area contributed by atoms with Crippen molar-refractivity contribution in [3.63, 3.8) is 0 Å². The van der Waals surface area contributed by atoms with E-state index in [9.17, 15) is 9.59 Å². The van der Waals surface area contributed by atoms with Crippen LogP contribution in [0.1, 0.15) is 53.7 Å². The summed E-state index contributed by atoms with van der Waals surface area (Å²) >= 11 is 0. The minimum absolute atomic E-state index is 0.0987. The van der Waals surface area contributed by atoms with E-state index in [4.69, 9.17) is 0 Å². The average Bonchev–Trinajstić information content (AvgIpc) is 2.78. The molecule has 0 heterocycles. The number of anilines is 1. The number of benzene rings is 3. The lowest BCUT2D eigenvalue weighted by atomic mass is 9.96. The molecule has 0 aliphatic carbocycles. The Bertz CT molecular complexity index is 1010. The minimum Gasteiger partial charge on any atom is -0.348 e. The van der Waals surface area contributed by atoms with Gasteiger partial charge in [0.25, 0.3) is 5.91 Å². The second-order valence-electron chi connectivity index (χ2n) is 8.30. The van der Waals surface area contributed by atoms with Crippen LogP contribution in [0.5, 0.6) is 0 Å². The Morgan fingerprint density at radius 2 is 1.52 bits per heavy atom. The molecule has 2 amide bonds. The number of rotatable bonds is 8. The van der Waals surface area contributed by atoms with Crippen molar-refractivity contribution in [2.45, 2.75) is 39.7 Å². The number of nitrogens with one attached hydrogen (secondary N) is 2. The van der Waals surface area contributed by atoms with E-state index in [2.05, 4.69) is 36.6 Å². The van der Waals surface area contributed by atoms with Gasteiger partial charge in [-0.25, -0.2) is 0 Å². The Hall–Kier alpha value is -3.40. The highest BCUT2D eigenvalue weighted by Gasteiger charge is 2.16. The van der Waals surface area contributed by atoms with Gasteiger partial charge in [0.15, 0.2) is 0 Å². The zero-order valence-electron chi connectivity index (χ0n) is 18.4. The van der Waals surface area contributed by atoms with Crippen LogP contribution in [-0.4, -0.2) is 11.8 Å². The van der Waals surface area contributed by atoms with Crippen molar-refractivity contribution in [2.24, 2.45) is 5.92 Å². The zero-order chi connectivity index (χ0) is 22.2. The van der Waals surface area contributed by atoms with Crippen LogP contribution in [0.3, 0.4) is 0 Å². The first kappa shape index (κ1) is 22.3. The van der Waals surface area contributed by atoms with Crippen LogP contribution in [0.15, 0.2) is 78.9 Å². The molecule has 0 aliphatic rings. The van der Waals surface area contributed by atoms with Gasteiger partial charge in [-0.15, -0.1) is 0 Å². The van der Waals surface area contributed by atoms with E-state index in [1.807, 2.05) is 49.4 Å². The fraction of sp³-hybridized carbons (Fsp3) is 0.259. The monoisotopic (exact) mass is 414 g/mol. The van der Waals surface area contributed by atoms with Gasteiger partial charge in [0.05, 0.1) is 5.92 Å². The first-order chi connectivity index (χ1) is 14.9. The molecule has 160 valence electrons. The lowest BCUT2D eigenvalue weighted by molar-refractivity contribution is -0.117. The summed E-state index contributed by atoms with van der Waals surface area (Å²) in [6.07, 6.45) is 1.03. The Balaban J connectivity index is 1.60. The van der Waals surface area contributed by atoms with E-state index in [0.717, 1.165) is 17.5 Å². The van der Waals surface area contributed by atoms with Crippen molar-refractivity contribution in [1.82, 2.24) is 5.32 Å². The molecule has 0 radical (unpaired) electrons. The van der Waals surface area contributed by atoms with E-state index >= 15 is 0 Å². The molecule has 4 heteroatoms. The van der Waals surface area contributed by atoms with Crippen molar-refractivity contribution < 1.29 is 9.59 Å². The molecule has 4 nitrogen and oxygen atoms in total. The summed E-state index contributed by atoms with van der Waals surface area (Å²) in [7, 11) is 0. The van der Waals surface area contributed by atoms with Gasteiger partial charge < -0.3 is 10.6 Å². The lowest BCUT2D eigenvalue weighted by Gasteiger charge is -2.14. The average molecular weight is 415 g/mol. The summed E-state index contributed by atoms with van der Waals surface area (Å²) in [5.74, 6) is 0.0413. The van der Waals surface area contributed by atoms with Gasteiger partial charge in [0, 0.05) is 17.8 Å². The smallest absolute Gasteiger partial charge is 0.251 e. The summed E-state index contributed by atoms with van der Waals surface area (Å²) in [6, 6.07) is 25.0. The molecule has 0 bridgehead atoms. The minimum atomic E-state index is -0.288. The topological polar surface area (TPSA) is 58.2 Å². The summed E-state index contributed by atoms with van der Waals surface area (Å²) in [5, 5.41) is 5.85. The van der Waals surface area contributed by atoms with E-state index in [-0.39, 0.29) is 17.7 Å². The molecular formula is C27H30N2O2. The number of carbonyl (C=O) groups is 2. The molecule has 0 spiro atoms. The molecule has 1 unspecified atom stereocenters. The van der Waals surface area contributed by atoms with Crippen molar-refractivity contribution in [2.75, 3.05) is 5.32 Å². The van der Waals surface area contributed by atoms with Gasteiger partial charge in [0.2, 0.25) is 5.91 Å². The normalized spacial score (nSPS) is 11.7. The highest BCUT2D eigenvalue weighted by Crippen LogP contribution is 2.20. The number of hydrogen-bond donors (Lipinski definition) is 2. The van der Waals surface area contributed by atoms with Gasteiger partial charge in [0.1, 0.15) is 0 Å². The molecule has 0 saturated heterocycles. The van der Waals surface area contributed by atoms with Crippen LogP contribution in [0.2, 0.25) is 0 Å². The highest BCUT2D eigenvalue weighted by atomic mass is 16.2. The third-order valence-corrected chi connectivity index (χ3v) is 5.21. The number of amides is 2. The predicted octanol–water partition coefficient (Wildman–Crippen LogP) is 5.56. The van der Waals surface area contributed by atoms with Crippen molar-refractivity contribution >= 4 is 17.5 Å². The Kier molecular flexibility index (Phi) is 7.60. The Labute approximate surface area is 184 Å². The van der Waals surface area contributed by atoms with E-state index in [1.165, 1.54) is 5.56 Å². The van der Waals surface area contributed by atoms with Crippen molar-refractivity contribution in [3.05, 3.63) is 101 Å². The quantitative estimate of drug-likeness (QED) is 0.507. The molecule has 31 heavy (non-hydrogen) atoms. The van der Waals surface area contributed by atoms with Crippen LogP contribution in [-0.2, 0) is 17.8 Å². The van der Waals surface area contributed by atoms with Crippen LogP contribution in [0.25, 0.3) is 0 Å². The highest BCUT2D eigenvalue weighted by molar-refractivity contribution is 5.98. The maximum Gasteiger partial charge on any atom is 0.251 e.